The monoisotopic (exact) mass is 711 g/mol. The van der Waals surface area contributed by atoms with Gasteiger partial charge in [0.2, 0.25) is 17.7 Å². The molecule has 10 nitrogen and oxygen atoms in total. The van der Waals surface area contributed by atoms with Gasteiger partial charge in [-0.25, -0.2) is 15.0 Å². The number of carbonyl (C=O) groups excluding carboxylic acids is 2. The summed E-state index contributed by atoms with van der Waals surface area (Å²) in [5, 5.41) is 13.7. The van der Waals surface area contributed by atoms with E-state index in [4.69, 9.17) is 37.9 Å². The van der Waals surface area contributed by atoms with E-state index < -0.39 is 10.8 Å². The molecule has 2 fully saturated rings. The number of ether oxygens (including phenoxy) is 1. The molecule has 2 saturated heterocycles. The van der Waals surface area contributed by atoms with Gasteiger partial charge in [0, 0.05) is 66.7 Å². The van der Waals surface area contributed by atoms with E-state index in [0.717, 1.165) is 51.7 Å². The number of benzene rings is 2. The summed E-state index contributed by atoms with van der Waals surface area (Å²) in [7, 11) is 1.62. The van der Waals surface area contributed by atoms with Crippen LogP contribution < -0.4 is 26.0 Å². The standard InChI is InChI=1S/C38H39Cl2N7O3/c1-50-37-23(18-41-20-26-10-14-34(48)44-26)8-13-32(47-37)38(16-4-6-29(36(38)40)28-5-2-3-7-30(28)39)25-9-12-31-24(17-25)19-43-33(46-31)22-42-21-27-11-15-35(49)45-27/h2-9,12-13,16-17,19,26-27,36,41-42H,10-11,14-15,18,20-22H2,1H3,(H,44,48)(H,45,49)/t26-,27-,36?,38?/m0/s1. The third-order valence-electron chi connectivity index (χ3n) is 9.71. The smallest absolute Gasteiger partial charge is 0.220 e. The van der Waals surface area contributed by atoms with Gasteiger partial charge in [-0.15, -0.1) is 11.6 Å². The molecule has 3 aliphatic rings. The van der Waals surface area contributed by atoms with Crippen molar-refractivity contribution in [3.8, 4) is 5.88 Å². The second-order valence-electron chi connectivity index (χ2n) is 13.0. The van der Waals surface area contributed by atoms with Crippen molar-refractivity contribution in [3.63, 3.8) is 0 Å². The zero-order valence-corrected chi connectivity index (χ0v) is 29.2. The number of alkyl halides is 1. The minimum atomic E-state index is -0.904. The van der Waals surface area contributed by atoms with Crippen LogP contribution in [-0.4, -0.2) is 64.4 Å². The Hall–Kier alpha value is -4.35. The average Bonchev–Trinajstić information content (AvgIpc) is 3.75. The summed E-state index contributed by atoms with van der Waals surface area (Å²) in [6, 6.07) is 18.1. The zero-order valence-electron chi connectivity index (χ0n) is 27.7. The molecule has 4 heterocycles. The third kappa shape index (κ3) is 6.98. The van der Waals surface area contributed by atoms with Gasteiger partial charge in [0.15, 0.2) is 0 Å². The molecule has 4 aromatic rings. The Morgan fingerprint density at radius 2 is 1.68 bits per heavy atom. The van der Waals surface area contributed by atoms with Gasteiger partial charge in [0.25, 0.3) is 0 Å². The molecule has 7 rings (SSSR count). The minimum absolute atomic E-state index is 0.0942. The summed E-state index contributed by atoms with van der Waals surface area (Å²) in [5.74, 6) is 1.36. The van der Waals surface area contributed by atoms with Gasteiger partial charge >= 0.3 is 0 Å². The summed E-state index contributed by atoms with van der Waals surface area (Å²) in [6.07, 6.45) is 10.7. The first-order valence-corrected chi connectivity index (χ1v) is 17.7. The number of amides is 2. The van der Waals surface area contributed by atoms with E-state index >= 15 is 0 Å². The molecule has 2 aromatic carbocycles. The summed E-state index contributed by atoms with van der Waals surface area (Å²) in [5.41, 5.74) is 4.17. The van der Waals surface area contributed by atoms with Crippen molar-refractivity contribution >= 4 is 51.5 Å². The first kappa shape index (κ1) is 34.1. The quantitative estimate of drug-likeness (QED) is 0.152. The van der Waals surface area contributed by atoms with E-state index in [1.54, 1.807) is 7.11 Å². The molecule has 2 amide bonds. The van der Waals surface area contributed by atoms with Crippen LogP contribution in [0.3, 0.4) is 0 Å². The van der Waals surface area contributed by atoms with Gasteiger partial charge in [0.1, 0.15) is 5.82 Å². The fourth-order valence-corrected chi connectivity index (χ4v) is 7.82. The number of rotatable bonds is 12. The maximum absolute atomic E-state index is 11.6. The van der Waals surface area contributed by atoms with E-state index in [2.05, 4.69) is 44.5 Å². The average molecular weight is 713 g/mol. The number of aromatic nitrogens is 3. The number of pyridine rings is 1. The van der Waals surface area contributed by atoms with Crippen LogP contribution in [0.2, 0.25) is 5.02 Å². The van der Waals surface area contributed by atoms with Gasteiger partial charge in [-0.2, -0.15) is 0 Å². The van der Waals surface area contributed by atoms with E-state index in [1.807, 2.05) is 60.8 Å². The number of carbonyl (C=O) groups is 2. The van der Waals surface area contributed by atoms with Gasteiger partial charge in [-0.3, -0.25) is 9.59 Å². The number of hydrogen-bond donors (Lipinski definition) is 4. The number of methoxy groups -OCH3 is 1. The van der Waals surface area contributed by atoms with E-state index in [-0.39, 0.29) is 23.9 Å². The van der Waals surface area contributed by atoms with Crippen LogP contribution >= 0.6 is 23.2 Å². The fourth-order valence-electron chi connectivity index (χ4n) is 7.07. The third-order valence-corrected chi connectivity index (χ3v) is 10.6. The Morgan fingerprint density at radius 1 is 0.940 bits per heavy atom. The highest BCUT2D eigenvalue weighted by Gasteiger charge is 2.45. The predicted octanol–water partition coefficient (Wildman–Crippen LogP) is 4.97. The second kappa shape index (κ2) is 14.9. The Labute approximate surface area is 301 Å². The summed E-state index contributed by atoms with van der Waals surface area (Å²) < 4.78 is 5.85. The Bertz CT molecular complexity index is 1990. The summed E-state index contributed by atoms with van der Waals surface area (Å²) >= 11 is 14.3. The Kier molecular flexibility index (Phi) is 10.1. The largest absolute Gasteiger partial charge is 0.481 e. The topological polar surface area (TPSA) is 130 Å². The number of nitrogens with zero attached hydrogens (tertiary/aromatic N) is 3. The Balaban J connectivity index is 1.21. The van der Waals surface area contributed by atoms with Crippen molar-refractivity contribution < 1.29 is 14.3 Å². The molecule has 2 unspecified atom stereocenters. The molecule has 12 heteroatoms. The lowest BCUT2D eigenvalue weighted by molar-refractivity contribution is -0.120. The molecule has 0 spiro atoms. The fraction of sp³-hybridized carbons (Fsp3) is 0.342. The first-order valence-electron chi connectivity index (χ1n) is 16.9. The highest BCUT2D eigenvalue weighted by atomic mass is 35.5. The van der Waals surface area contributed by atoms with Gasteiger partial charge in [0.05, 0.1) is 35.7 Å². The highest BCUT2D eigenvalue weighted by Crippen LogP contribution is 2.48. The highest BCUT2D eigenvalue weighted by molar-refractivity contribution is 6.34. The van der Waals surface area contributed by atoms with Crippen molar-refractivity contribution in [2.24, 2.45) is 0 Å². The first-order chi connectivity index (χ1) is 24.3. The van der Waals surface area contributed by atoms with Crippen LogP contribution in [-0.2, 0) is 28.1 Å². The molecule has 258 valence electrons. The normalized spacial score (nSPS) is 23.2. The predicted molar refractivity (Wildman–Crippen MR) is 195 cm³/mol. The van der Waals surface area contributed by atoms with Gasteiger partial charge < -0.3 is 26.0 Å². The number of halogens is 2. The second-order valence-corrected chi connectivity index (χ2v) is 13.8. The molecule has 0 bridgehead atoms. The van der Waals surface area contributed by atoms with Crippen LogP contribution in [0.4, 0.5) is 0 Å². The molecule has 4 atom stereocenters. The number of fused-ring (bicyclic) bond motifs is 1. The zero-order chi connectivity index (χ0) is 34.7. The van der Waals surface area contributed by atoms with Crippen molar-refractivity contribution in [1.82, 2.24) is 36.2 Å². The van der Waals surface area contributed by atoms with Crippen molar-refractivity contribution in [2.45, 2.75) is 61.6 Å². The van der Waals surface area contributed by atoms with Gasteiger partial charge in [-0.1, -0.05) is 60.2 Å². The summed E-state index contributed by atoms with van der Waals surface area (Å²) in [6.45, 7) is 2.35. The lowest BCUT2D eigenvalue weighted by Gasteiger charge is -2.39. The van der Waals surface area contributed by atoms with E-state index in [9.17, 15) is 9.59 Å². The molecule has 50 heavy (non-hydrogen) atoms. The maximum Gasteiger partial charge on any atom is 0.220 e. The van der Waals surface area contributed by atoms with Crippen LogP contribution in [0.1, 0.15) is 53.9 Å². The molecule has 2 aromatic heterocycles. The summed E-state index contributed by atoms with van der Waals surface area (Å²) in [4.78, 5) is 37.8. The molecular weight excluding hydrogens is 673 g/mol. The molecule has 0 saturated carbocycles. The van der Waals surface area contributed by atoms with Crippen LogP contribution in [0.15, 0.2) is 79.0 Å². The molecular formula is C38H39Cl2N7O3. The number of nitrogens with one attached hydrogen (secondary N) is 4. The lowest BCUT2D eigenvalue weighted by atomic mass is 9.68. The van der Waals surface area contributed by atoms with Crippen LogP contribution in [0, 0.1) is 0 Å². The number of hydrogen-bond acceptors (Lipinski definition) is 8. The SMILES string of the molecule is COc1nc(C2(c3ccc4nc(CNC[C@@H]5CCC(=O)N5)ncc4c3)C=CC=C(c3ccccc3Cl)C2Cl)ccc1CNC[C@@H]1CCC(=O)N1. The van der Waals surface area contributed by atoms with Crippen LogP contribution in [0.25, 0.3) is 16.5 Å². The minimum Gasteiger partial charge on any atom is -0.481 e. The van der Waals surface area contributed by atoms with E-state index in [1.165, 1.54) is 0 Å². The van der Waals surface area contributed by atoms with Crippen LogP contribution in [0.5, 0.6) is 5.88 Å². The molecule has 4 N–H and O–H groups in total. The van der Waals surface area contributed by atoms with Gasteiger partial charge in [-0.05, 0) is 53.8 Å². The molecule has 1 aliphatic carbocycles. The van der Waals surface area contributed by atoms with E-state index in [0.29, 0.717) is 55.7 Å². The lowest BCUT2D eigenvalue weighted by Crippen LogP contribution is -2.39. The molecule has 0 radical (unpaired) electrons. The molecule has 2 aliphatic heterocycles. The van der Waals surface area contributed by atoms with Crippen molar-refractivity contribution in [1.29, 1.82) is 0 Å². The Morgan fingerprint density at radius 3 is 2.38 bits per heavy atom. The van der Waals surface area contributed by atoms with Crippen molar-refractivity contribution in [2.75, 3.05) is 20.2 Å². The van der Waals surface area contributed by atoms with Crippen molar-refractivity contribution in [3.05, 3.63) is 112 Å². The maximum atomic E-state index is 11.6. The number of allylic oxidation sites excluding steroid dienone is 4.